The molecule has 0 bridgehead atoms. The second kappa shape index (κ2) is 6.98. The smallest absolute Gasteiger partial charge is 0.167 e. The highest BCUT2D eigenvalue weighted by Gasteiger charge is 2.12. The van der Waals surface area contributed by atoms with Gasteiger partial charge >= 0.3 is 0 Å². The highest BCUT2D eigenvalue weighted by atomic mass is 35.5. The maximum absolute atomic E-state index is 13.5. The molecule has 0 aliphatic heterocycles. The summed E-state index contributed by atoms with van der Waals surface area (Å²) in [7, 11) is 1.40. The molecule has 1 atom stereocenters. The summed E-state index contributed by atoms with van der Waals surface area (Å²) in [6.45, 7) is 0.172. The molecule has 21 heavy (non-hydrogen) atoms. The van der Waals surface area contributed by atoms with Gasteiger partial charge in [0.1, 0.15) is 0 Å². The summed E-state index contributed by atoms with van der Waals surface area (Å²) in [4.78, 5) is 0. The summed E-state index contributed by atoms with van der Waals surface area (Å²) < 4.78 is 18.4. The molecule has 2 aromatic carbocycles. The van der Waals surface area contributed by atoms with Gasteiger partial charge in [-0.2, -0.15) is 0 Å². The molecule has 0 aliphatic carbocycles. The van der Waals surface area contributed by atoms with E-state index in [0.717, 1.165) is 0 Å². The van der Waals surface area contributed by atoms with Crippen molar-refractivity contribution in [3.05, 3.63) is 57.8 Å². The molecule has 0 amide bonds. The van der Waals surface area contributed by atoms with Crippen molar-refractivity contribution in [2.75, 3.05) is 19.0 Å². The SMILES string of the molecule is COc1ccc(NCC(O)c2cc(Cl)ccc2Cl)cc1F. The lowest BCUT2D eigenvalue weighted by Gasteiger charge is -2.15. The van der Waals surface area contributed by atoms with Gasteiger partial charge in [0, 0.05) is 33.9 Å². The van der Waals surface area contributed by atoms with Crippen molar-refractivity contribution in [3.63, 3.8) is 0 Å². The number of benzene rings is 2. The summed E-state index contributed by atoms with van der Waals surface area (Å²) in [5.41, 5.74) is 1.05. The molecule has 0 heterocycles. The van der Waals surface area contributed by atoms with Crippen molar-refractivity contribution in [1.82, 2.24) is 0 Å². The number of rotatable bonds is 5. The molecule has 0 aromatic heterocycles. The first-order chi connectivity index (χ1) is 10.0. The first-order valence-corrected chi connectivity index (χ1v) is 6.97. The van der Waals surface area contributed by atoms with Crippen LogP contribution in [0.2, 0.25) is 10.0 Å². The Bertz CT molecular complexity index is 637. The van der Waals surface area contributed by atoms with E-state index in [1.807, 2.05) is 0 Å². The number of aliphatic hydroxyl groups excluding tert-OH is 1. The largest absolute Gasteiger partial charge is 0.494 e. The molecular formula is C15H14Cl2FNO2. The van der Waals surface area contributed by atoms with Crippen LogP contribution in [-0.2, 0) is 0 Å². The minimum Gasteiger partial charge on any atom is -0.494 e. The van der Waals surface area contributed by atoms with Gasteiger partial charge < -0.3 is 15.2 Å². The van der Waals surface area contributed by atoms with E-state index in [1.54, 1.807) is 24.3 Å². The fourth-order valence-electron chi connectivity index (χ4n) is 1.87. The number of anilines is 1. The lowest BCUT2D eigenvalue weighted by Crippen LogP contribution is -2.12. The Morgan fingerprint density at radius 3 is 2.67 bits per heavy atom. The molecule has 0 saturated heterocycles. The van der Waals surface area contributed by atoms with Gasteiger partial charge in [-0.25, -0.2) is 4.39 Å². The molecule has 0 fully saturated rings. The van der Waals surface area contributed by atoms with E-state index >= 15 is 0 Å². The number of nitrogens with one attached hydrogen (secondary N) is 1. The number of hydrogen-bond donors (Lipinski definition) is 2. The highest BCUT2D eigenvalue weighted by molar-refractivity contribution is 6.33. The quantitative estimate of drug-likeness (QED) is 0.859. The molecule has 112 valence electrons. The van der Waals surface area contributed by atoms with Crippen molar-refractivity contribution < 1.29 is 14.2 Å². The molecule has 2 N–H and O–H groups in total. The van der Waals surface area contributed by atoms with Gasteiger partial charge in [0.25, 0.3) is 0 Å². The second-order valence-corrected chi connectivity index (χ2v) is 5.26. The fourth-order valence-corrected chi connectivity index (χ4v) is 2.29. The van der Waals surface area contributed by atoms with Crippen molar-refractivity contribution >= 4 is 28.9 Å². The Morgan fingerprint density at radius 2 is 2.00 bits per heavy atom. The standard InChI is InChI=1S/C15H14Cl2FNO2/c1-21-15-5-3-10(7-13(15)18)19-8-14(20)11-6-9(16)2-4-12(11)17/h2-7,14,19-20H,8H2,1H3. The average Bonchev–Trinajstić information content (AvgIpc) is 2.47. The van der Waals surface area contributed by atoms with E-state index in [2.05, 4.69) is 5.32 Å². The van der Waals surface area contributed by atoms with Crippen LogP contribution >= 0.6 is 23.2 Å². The van der Waals surface area contributed by atoms with Gasteiger partial charge in [-0.05, 0) is 30.3 Å². The fraction of sp³-hybridized carbons (Fsp3) is 0.200. The van der Waals surface area contributed by atoms with E-state index in [9.17, 15) is 9.50 Å². The number of aliphatic hydroxyl groups is 1. The molecule has 0 saturated carbocycles. The molecule has 0 aliphatic rings. The lowest BCUT2D eigenvalue weighted by molar-refractivity contribution is 0.191. The van der Waals surface area contributed by atoms with Crippen molar-refractivity contribution in [2.24, 2.45) is 0 Å². The van der Waals surface area contributed by atoms with Crippen LogP contribution in [0.5, 0.6) is 5.75 Å². The van der Waals surface area contributed by atoms with Crippen LogP contribution in [0.4, 0.5) is 10.1 Å². The van der Waals surface area contributed by atoms with Crippen LogP contribution in [0.15, 0.2) is 36.4 Å². The predicted octanol–water partition coefficient (Wildman–Crippen LogP) is 4.29. The monoisotopic (exact) mass is 329 g/mol. The number of halogens is 3. The van der Waals surface area contributed by atoms with Gasteiger partial charge in [-0.15, -0.1) is 0 Å². The molecule has 3 nitrogen and oxygen atoms in total. The molecule has 1 unspecified atom stereocenters. The number of hydrogen-bond acceptors (Lipinski definition) is 3. The Kier molecular flexibility index (Phi) is 5.28. The lowest BCUT2D eigenvalue weighted by atomic mass is 10.1. The zero-order valence-corrected chi connectivity index (χ0v) is 12.7. The molecule has 6 heteroatoms. The molecule has 2 aromatic rings. The van der Waals surface area contributed by atoms with Gasteiger partial charge in [0.05, 0.1) is 13.2 Å². The van der Waals surface area contributed by atoms with Crippen LogP contribution in [0.25, 0.3) is 0 Å². The van der Waals surface area contributed by atoms with Crippen LogP contribution < -0.4 is 10.1 Å². The van der Waals surface area contributed by atoms with Crippen molar-refractivity contribution in [2.45, 2.75) is 6.10 Å². The zero-order chi connectivity index (χ0) is 15.4. The van der Waals surface area contributed by atoms with Crippen LogP contribution in [0.1, 0.15) is 11.7 Å². The molecule has 0 radical (unpaired) electrons. The first kappa shape index (κ1) is 15.9. The van der Waals surface area contributed by atoms with Crippen molar-refractivity contribution in [3.8, 4) is 5.75 Å². The van der Waals surface area contributed by atoms with E-state index in [1.165, 1.54) is 19.2 Å². The van der Waals surface area contributed by atoms with Crippen LogP contribution in [0, 0.1) is 5.82 Å². The predicted molar refractivity (Wildman–Crippen MR) is 82.9 cm³/mol. The summed E-state index contributed by atoms with van der Waals surface area (Å²) in [6, 6.07) is 9.34. The molecular weight excluding hydrogens is 316 g/mol. The van der Waals surface area contributed by atoms with Gasteiger partial charge in [0.2, 0.25) is 0 Å². The Morgan fingerprint density at radius 1 is 1.24 bits per heavy atom. The zero-order valence-electron chi connectivity index (χ0n) is 11.2. The topological polar surface area (TPSA) is 41.5 Å². The van der Waals surface area contributed by atoms with Gasteiger partial charge in [-0.3, -0.25) is 0 Å². The Hall–Kier alpha value is -1.49. The third-order valence-electron chi connectivity index (χ3n) is 2.97. The van der Waals surface area contributed by atoms with E-state index in [-0.39, 0.29) is 12.3 Å². The van der Waals surface area contributed by atoms with Gasteiger partial charge in [-0.1, -0.05) is 23.2 Å². The van der Waals surface area contributed by atoms with Crippen LogP contribution in [0.3, 0.4) is 0 Å². The first-order valence-electron chi connectivity index (χ1n) is 6.21. The third kappa shape index (κ3) is 4.00. The Labute approximate surface area is 132 Å². The van der Waals surface area contributed by atoms with Gasteiger partial charge in [0.15, 0.2) is 11.6 Å². The second-order valence-electron chi connectivity index (χ2n) is 4.41. The summed E-state index contributed by atoms with van der Waals surface area (Å²) in [6.07, 6.45) is -0.860. The van der Waals surface area contributed by atoms with E-state index in [4.69, 9.17) is 27.9 Å². The highest BCUT2D eigenvalue weighted by Crippen LogP contribution is 2.27. The van der Waals surface area contributed by atoms with Crippen molar-refractivity contribution in [1.29, 1.82) is 0 Å². The average molecular weight is 330 g/mol. The van der Waals surface area contributed by atoms with E-state index in [0.29, 0.717) is 21.3 Å². The summed E-state index contributed by atoms with van der Waals surface area (Å²) in [5.74, 6) is -0.309. The van der Waals surface area contributed by atoms with E-state index < -0.39 is 11.9 Å². The minimum atomic E-state index is -0.860. The number of ether oxygens (including phenoxy) is 1. The summed E-state index contributed by atoms with van der Waals surface area (Å²) >= 11 is 11.9. The maximum Gasteiger partial charge on any atom is 0.167 e. The minimum absolute atomic E-state index is 0.166. The third-order valence-corrected chi connectivity index (χ3v) is 3.55. The summed E-state index contributed by atoms with van der Waals surface area (Å²) in [5, 5.41) is 14.0. The molecule has 0 spiro atoms. The Balaban J connectivity index is 2.05. The molecule has 2 rings (SSSR count). The normalized spacial score (nSPS) is 12.0. The number of methoxy groups -OCH3 is 1. The van der Waals surface area contributed by atoms with Crippen LogP contribution in [-0.4, -0.2) is 18.8 Å². The maximum atomic E-state index is 13.5.